The van der Waals surface area contributed by atoms with Crippen LogP contribution < -0.4 is 0 Å². The molecule has 0 aromatic heterocycles. The van der Waals surface area contributed by atoms with Crippen molar-refractivity contribution in [2.24, 2.45) is 0 Å². The van der Waals surface area contributed by atoms with E-state index in [-0.39, 0.29) is 0 Å². The predicted molar refractivity (Wildman–Crippen MR) is 66.8 cm³/mol. The lowest BCUT2D eigenvalue weighted by Crippen LogP contribution is -2.00. The fourth-order valence-electron chi connectivity index (χ4n) is 1.78. The number of rotatable bonds is 9. The van der Waals surface area contributed by atoms with Gasteiger partial charge < -0.3 is 4.57 Å². The van der Waals surface area contributed by atoms with Crippen LogP contribution in [0.1, 0.15) is 45.4 Å². The Balaban J connectivity index is 3.89. The lowest BCUT2D eigenvalue weighted by Gasteiger charge is -2.15. The molecule has 16 heavy (non-hydrogen) atoms. The minimum absolute atomic E-state index is 0.412. The van der Waals surface area contributed by atoms with Gasteiger partial charge in [0.2, 0.25) is 0 Å². The summed E-state index contributed by atoms with van der Waals surface area (Å²) in [4.78, 5) is 0. The molecule has 0 aliphatic rings. The van der Waals surface area contributed by atoms with Crippen LogP contribution in [0.4, 0.5) is 0 Å². The molecule has 0 spiro atoms. The Morgan fingerprint density at radius 1 is 0.938 bits per heavy atom. The van der Waals surface area contributed by atoms with Crippen molar-refractivity contribution in [1.82, 2.24) is 0 Å². The van der Waals surface area contributed by atoms with Crippen molar-refractivity contribution in [3.8, 4) is 12.1 Å². The van der Waals surface area contributed by atoms with Gasteiger partial charge >= 0.3 is 0 Å². The number of hydrogen-bond acceptors (Lipinski definition) is 3. The molecule has 1 atom stereocenters. The average Bonchev–Trinajstić information content (AvgIpc) is 2.27. The van der Waals surface area contributed by atoms with Crippen LogP contribution in [0.25, 0.3) is 0 Å². The molecule has 0 saturated carbocycles. The molecular formula is C12H21N2OP. The Labute approximate surface area is 98.8 Å². The molecule has 0 radical (unpaired) electrons. The average molecular weight is 240 g/mol. The van der Waals surface area contributed by atoms with Gasteiger partial charge in [-0.25, -0.2) is 0 Å². The first-order chi connectivity index (χ1) is 7.68. The quantitative estimate of drug-likeness (QED) is 0.455. The van der Waals surface area contributed by atoms with Gasteiger partial charge in [-0.15, -0.1) is 0 Å². The molecule has 0 aliphatic carbocycles. The Hall–Kier alpha value is -0.790. The molecule has 0 heterocycles. The Morgan fingerprint density at radius 2 is 1.62 bits per heavy atom. The summed E-state index contributed by atoms with van der Waals surface area (Å²) >= 11 is 0. The molecule has 0 fully saturated rings. The summed E-state index contributed by atoms with van der Waals surface area (Å²) in [5, 5.41) is 16.9. The van der Waals surface area contributed by atoms with Crippen molar-refractivity contribution in [1.29, 1.82) is 10.5 Å². The standard InChI is InChI=1S/C12H21N2OP/c1-2-10-16(15,12-7-9-14)11-6-4-3-5-8-13/h2-7,10-12H2,1H3. The summed E-state index contributed by atoms with van der Waals surface area (Å²) in [5.74, 6) is 0. The van der Waals surface area contributed by atoms with Gasteiger partial charge in [-0.1, -0.05) is 13.3 Å². The number of nitrogens with zero attached hydrogens (tertiary/aromatic N) is 2. The largest absolute Gasteiger partial charge is 0.324 e. The summed E-state index contributed by atoms with van der Waals surface area (Å²) in [6.07, 6.45) is 6.86. The van der Waals surface area contributed by atoms with E-state index in [0.717, 1.165) is 38.0 Å². The maximum Gasteiger partial charge on any atom is 0.0887 e. The van der Waals surface area contributed by atoms with Crippen molar-refractivity contribution >= 4 is 7.14 Å². The maximum atomic E-state index is 12.4. The lowest BCUT2D eigenvalue weighted by molar-refractivity contribution is 0.569. The highest BCUT2D eigenvalue weighted by atomic mass is 31.2. The molecule has 0 aromatic carbocycles. The van der Waals surface area contributed by atoms with Gasteiger partial charge in [-0.2, -0.15) is 10.5 Å². The summed E-state index contributed by atoms with van der Waals surface area (Å²) in [5.41, 5.74) is 0. The molecule has 0 N–H and O–H groups in total. The van der Waals surface area contributed by atoms with Gasteiger partial charge in [0.25, 0.3) is 0 Å². The van der Waals surface area contributed by atoms with E-state index in [0.29, 0.717) is 19.0 Å². The Morgan fingerprint density at radius 3 is 2.19 bits per heavy atom. The third-order valence-corrected chi connectivity index (χ3v) is 6.05. The zero-order valence-corrected chi connectivity index (χ0v) is 11.0. The van der Waals surface area contributed by atoms with Crippen LogP contribution in [0.15, 0.2) is 0 Å². The number of hydrogen-bond donors (Lipinski definition) is 0. The second-order valence-electron chi connectivity index (χ2n) is 4.11. The zero-order valence-electron chi connectivity index (χ0n) is 10.1. The number of nitriles is 2. The molecule has 0 bridgehead atoms. The molecule has 3 nitrogen and oxygen atoms in total. The zero-order chi connectivity index (χ0) is 12.3. The topological polar surface area (TPSA) is 64.7 Å². The van der Waals surface area contributed by atoms with Gasteiger partial charge in [0.15, 0.2) is 0 Å². The first-order valence-electron chi connectivity index (χ1n) is 5.99. The maximum absolute atomic E-state index is 12.4. The molecular weight excluding hydrogens is 219 g/mol. The summed E-state index contributed by atoms with van der Waals surface area (Å²) in [6, 6.07) is 4.19. The SMILES string of the molecule is CCCP(=O)(CCC#N)CCCCCC#N. The van der Waals surface area contributed by atoms with E-state index >= 15 is 0 Å². The van der Waals surface area contributed by atoms with Crippen molar-refractivity contribution in [3.05, 3.63) is 0 Å². The van der Waals surface area contributed by atoms with Crippen LogP contribution in [0.3, 0.4) is 0 Å². The van der Waals surface area contributed by atoms with E-state index in [1.807, 2.05) is 6.92 Å². The van der Waals surface area contributed by atoms with Gasteiger partial charge in [0, 0.05) is 31.3 Å². The van der Waals surface area contributed by atoms with Crippen LogP contribution in [-0.2, 0) is 4.57 Å². The normalized spacial score (nSPS) is 13.7. The highest BCUT2D eigenvalue weighted by molar-refractivity contribution is 7.63. The van der Waals surface area contributed by atoms with Crippen LogP contribution in [-0.4, -0.2) is 18.5 Å². The third kappa shape index (κ3) is 7.49. The van der Waals surface area contributed by atoms with E-state index in [9.17, 15) is 4.57 Å². The summed E-state index contributed by atoms with van der Waals surface area (Å²) in [7, 11) is -2.09. The third-order valence-electron chi connectivity index (χ3n) is 2.62. The van der Waals surface area contributed by atoms with Crippen LogP contribution >= 0.6 is 7.14 Å². The second-order valence-corrected chi connectivity index (χ2v) is 7.56. The Bertz CT molecular complexity index is 301. The molecule has 0 aromatic rings. The van der Waals surface area contributed by atoms with E-state index in [2.05, 4.69) is 12.1 Å². The van der Waals surface area contributed by atoms with E-state index in [1.54, 1.807) is 0 Å². The van der Waals surface area contributed by atoms with Crippen LogP contribution in [0.5, 0.6) is 0 Å². The molecule has 0 saturated heterocycles. The van der Waals surface area contributed by atoms with Crippen molar-refractivity contribution < 1.29 is 4.57 Å². The minimum atomic E-state index is -2.09. The lowest BCUT2D eigenvalue weighted by atomic mass is 10.2. The Kier molecular flexibility index (Phi) is 8.97. The second kappa shape index (κ2) is 9.44. The van der Waals surface area contributed by atoms with Crippen molar-refractivity contribution in [2.75, 3.05) is 18.5 Å². The van der Waals surface area contributed by atoms with E-state index < -0.39 is 7.14 Å². The molecule has 1 unspecified atom stereocenters. The fraction of sp³-hybridized carbons (Fsp3) is 0.833. The van der Waals surface area contributed by atoms with Gasteiger partial charge in [0.1, 0.15) is 0 Å². The predicted octanol–water partition coefficient (Wildman–Crippen LogP) is 3.76. The molecule has 0 amide bonds. The summed E-state index contributed by atoms with van der Waals surface area (Å²) in [6.45, 7) is 2.04. The molecule has 4 heteroatoms. The van der Waals surface area contributed by atoms with Gasteiger partial charge in [-0.05, 0) is 19.3 Å². The van der Waals surface area contributed by atoms with Crippen molar-refractivity contribution in [3.63, 3.8) is 0 Å². The molecule has 0 aliphatic heterocycles. The molecule has 90 valence electrons. The summed E-state index contributed by atoms with van der Waals surface area (Å²) < 4.78 is 12.4. The van der Waals surface area contributed by atoms with Gasteiger partial charge in [0.05, 0.1) is 19.3 Å². The highest BCUT2D eigenvalue weighted by Crippen LogP contribution is 2.47. The first kappa shape index (κ1) is 15.2. The van der Waals surface area contributed by atoms with Crippen molar-refractivity contribution in [2.45, 2.75) is 45.4 Å². The fourth-order valence-corrected chi connectivity index (χ4v) is 4.57. The molecule has 0 rings (SSSR count). The van der Waals surface area contributed by atoms with E-state index in [1.165, 1.54) is 0 Å². The van der Waals surface area contributed by atoms with E-state index in [4.69, 9.17) is 10.5 Å². The smallest absolute Gasteiger partial charge is 0.0887 e. The monoisotopic (exact) mass is 240 g/mol. The van der Waals surface area contributed by atoms with Crippen LogP contribution in [0, 0.1) is 22.7 Å². The van der Waals surface area contributed by atoms with Gasteiger partial charge in [-0.3, -0.25) is 0 Å². The highest BCUT2D eigenvalue weighted by Gasteiger charge is 2.19. The minimum Gasteiger partial charge on any atom is -0.324 e. The van der Waals surface area contributed by atoms with Crippen LogP contribution in [0.2, 0.25) is 0 Å². The number of unbranched alkanes of at least 4 members (excludes halogenated alkanes) is 3. The first-order valence-corrected chi connectivity index (χ1v) is 8.26.